The summed E-state index contributed by atoms with van der Waals surface area (Å²) in [6.07, 6.45) is 4.52. The third kappa shape index (κ3) is 2.01. The molecule has 1 aromatic rings. The zero-order valence-electron chi connectivity index (χ0n) is 8.79. The van der Waals surface area contributed by atoms with Gasteiger partial charge in [-0.1, -0.05) is 23.7 Å². The maximum absolute atomic E-state index is 6.22. The van der Waals surface area contributed by atoms with Gasteiger partial charge in [-0.25, -0.2) is 0 Å². The second-order valence-corrected chi connectivity index (χ2v) is 4.20. The molecule has 0 bridgehead atoms. The largest absolute Gasteiger partial charge is 0.497 e. The Morgan fingerprint density at radius 2 is 2.13 bits per heavy atom. The number of benzene rings is 1. The molecular weight excluding hydrogens is 212 g/mol. The molecule has 1 unspecified atom stereocenters. The van der Waals surface area contributed by atoms with Crippen molar-refractivity contribution in [3.8, 4) is 5.75 Å². The lowest BCUT2D eigenvalue weighted by Crippen LogP contribution is -2.26. The first-order chi connectivity index (χ1) is 7.17. The van der Waals surface area contributed by atoms with Gasteiger partial charge in [0.05, 0.1) is 7.11 Å². The summed E-state index contributed by atoms with van der Waals surface area (Å²) in [4.78, 5) is 0. The Hall–Kier alpha value is -0.990. The van der Waals surface area contributed by atoms with Crippen LogP contribution < -0.4 is 4.74 Å². The highest BCUT2D eigenvalue weighted by atomic mass is 35.5. The maximum atomic E-state index is 6.22. The molecule has 80 valence electrons. The lowest BCUT2D eigenvalue weighted by Gasteiger charge is -2.26. The molecule has 0 fully saturated rings. The van der Waals surface area contributed by atoms with Crippen molar-refractivity contribution in [2.75, 3.05) is 14.2 Å². The standard InChI is InChI=1S/C12H13ClO2/c1-14-11-4-3-10-8-12(13,15-2)6-5-9(10)7-11/h3-7H,8H2,1-2H3. The van der Waals surface area contributed by atoms with Crippen LogP contribution in [0.1, 0.15) is 11.1 Å². The Morgan fingerprint density at radius 1 is 1.33 bits per heavy atom. The number of ether oxygens (including phenoxy) is 2. The van der Waals surface area contributed by atoms with Gasteiger partial charge in [0, 0.05) is 13.5 Å². The molecule has 2 nitrogen and oxygen atoms in total. The van der Waals surface area contributed by atoms with Crippen LogP contribution in [0.4, 0.5) is 0 Å². The van der Waals surface area contributed by atoms with Crippen LogP contribution in [0.3, 0.4) is 0 Å². The Balaban J connectivity index is 2.36. The van der Waals surface area contributed by atoms with Gasteiger partial charge in [0.25, 0.3) is 0 Å². The zero-order valence-corrected chi connectivity index (χ0v) is 9.54. The van der Waals surface area contributed by atoms with Crippen molar-refractivity contribution in [3.63, 3.8) is 0 Å². The molecule has 0 aromatic heterocycles. The zero-order chi connectivity index (χ0) is 10.9. The predicted octanol–water partition coefficient (Wildman–Crippen LogP) is 2.85. The highest BCUT2D eigenvalue weighted by Gasteiger charge is 2.27. The van der Waals surface area contributed by atoms with E-state index in [0.717, 1.165) is 11.3 Å². The van der Waals surface area contributed by atoms with Crippen molar-refractivity contribution in [3.05, 3.63) is 35.4 Å². The van der Waals surface area contributed by atoms with E-state index < -0.39 is 5.06 Å². The van der Waals surface area contributed by atoms with E-state index in [1.54, 1.807) is 14.2 Å². The molecule has 0 aliphatic heterocycles. The van der Waals surface area contributed by atoms with Crippen LogP contribution in [-0.2, 0) is 11.2 Å². The van der Waals surface area contributed by atoms with E-state index in [1.165, 1.54) is 5.56 Å². The van der Waals surface area contributed by atoms with E-state index in [4.69, 9.17) is 21.1 Å². The molecule has 3 heteroatoms. The first-order valence-electron chi connectivity index (χ1n) is 4.77. The van der Waals surface area contributed by atoms with Gasteiger partial charge in [-0.3, -0.25) is 0 Å². The maximum Gasteiger partial charge on any atom is 0.164 e. The minimum absolute atomic E-state index is 0.681. The molecule has 1 aliphatic rings. The van der Waals surface area contributed by atoms with Crippen LogP contribution in [0, 0.1) is 0 Å². The number of halogens is 1. The first kappa shape index (κ1) is 10.5. The molecule has 2 rings (SSSR count). The molecule has 1 aliphatic carbocycles. The summed E-state index contributed by atoms with van der Waals surface area (Å²) in [7, 11) is 3.28. The minimum Gasteiger partial charge on any atom is -0.497 e. The van der Waals surface area contributed by atoms with Gasteiger partial charge in [0.1, 0.15) is 5.75 Å². The fourth-order valence-corrected chi connectivity index (χ4v) is 1.90. The van der Waals surface area contributed by atoms with Crippen molar-refractivity contribution in [2.24, 2.45) is 0 Å². The van der Waals surface area contributed by atoms with Crippen LogP contribution in [0.15, 0.2) is 24.3 Å². The molecule has 1 aromatic carbocycles. The topological polar surface area (TPSA) is 18.5 Å². The van der Waals surface area contributed by atoms with E-state index in [-0.39, 0.29) is 0 Å². The van der Waals surface area contributed by atoms with Crippen LogP contribution in [0.2, 0.25) is 0 Å². The predicted molar refractivity (Wildman–Crippen MR) is 61.3 cm³/mol. The summed E-state index contributed by atoms with van der Waals surface area (Å²) in [5, 5.41) is -0.693. The van der Waals surface area contributed by atoms with Crippen molar-refractivity contribution in [2.45, 2.75) is 11.5 Å². The smallest absolute Gasteiger partial charge is 0.164 e. The van der Waals surface area contributed by atoms with Gasteiger partial charge in [0.2, 0.25) is 0 Å². The number of hydrogen-bond acceptors (Lipinski definition) is 2. The Kier molecular flexibility index (Phi) is 2.72. The molecule has 15 heavy (non-hydrogen) atoms. The summed E-state index contributed by atoms with van der Waals surface area (Å²) < 4.78 is 10.4. The molecule has 0 saturated heterocycles. The number of rotatable bonds is 2. The Labute approximate surface area is 94.5 Å². The SMILES string of the molecule is COc1ccc2c(c1)C=CC(Cl)(OC)C2. The quantitative estimate of drug-likeness (QED) is 0.720. The van der Waals surface area contributed by atoms with E-state index >= 15 is 0 Å². The van der Waals surface area contributed by atoms with Crippen molar-refractivity contribution in [1.29, 1.82) is 0 Å². The summed E-state index contributed by atoms with van der Waals surface area (Å²) in [6.45, 7) is 0. The Morgan fingerprint density at radius 3 is 2.80 bits per heavy atom. The van der Waals surface area contributed by atoms with Crippen LogP contribution in [-0.4, -0.2) is 19.3 Å². The summed E-state index contributed by atoms with van der Waals surface area (Å²) in [5.41, 5.74) is 2.32. The third-order valence-corrected chi connectivity index (χ3v) is 3.05. The van der Waals surface area contributed by atoms with Gasteiger partial charge >= 0.3 is 0 Å². The molecule has 1 atom stereocenters. The minimum atomic E-state index is -0.693. The molecule has 0 amide bonds. The summed E-state index contributed by atoms with van der Waals surface area (Å²) >= 11 is 6.22. The van der Waals surface area contributed by atoms with Crippen molar-refractivity contribution >= 4 is 17.7 Å². The van der Waals surface area contributed by atoms with Crippen LogP contribution >= 0.6 is 11.6 Å². The highest BCUT2D eigenvalue weighted by Crippen LogP contribution is 2.33. The van der Waals surface area contributed by atoms with E-state index in [0.29, 0.717) is 6.42 Å². The number of alkyl halides is 1. The molecular formula is C12H13ClO2. The van der Waals surface area contributed by atoms with Gasteiger partial charge in [-0.2, -0.15) is 0 Å². The fraction of sp³-hybridized carbons (Fsp3) is 0.333. The Bertz CT molecular complexity index is 401. The normalized spacial score (nSPS) is 23.7. The molecule has 0 saturated carbocycles. The van der Waals surface area contributed by atoms with Gasteiger partial charge < -0.3 is 9.47 Å². The molecule has 0 radical (unpaired) electrons. The van der Waals surface area contributed by atoms with Crippen LogP contribution in [0.5, 0.6) is 5.75 Å². The second-order valence-electron chi connectivity index (χ2n) is 3.57. The number of hydrogen-bond donors (Lipinski definition) is 0. The van der Waals surface area contributed by atoms with E-state index in [2.05, 4.69) is 0 Å². The van der Waals surface area contributed by atoms with E-state index in [9.17, 15) is 0 Å². The van der Waals surface area contributed by atoms with Crippen molar-refractivity contribution in [1.82, 2.24) is 0 Å². The van der Waals surface area contributed by atoms with Gasteiger partial charge in [0.15, 0.2) is 5.06 Å². The average molecular weight is 225 g/mol. The lowest BCUT2D eigenvalue weighted by molar-refractivity contribution is 0.104. The molecule has 0 heterocycles. The first-order valence-corrected chi connectivity index (χ1v) is 5.15. The molecule has 0 N–H and O–H groups in total. The third-order valence-electron chi connectivity index (χ3n) is 2.64. The van der Waals surface area contributed by atoms with Crippen molar-refractivity contribution < 1.29 is 9.47 Å². The highest BCUT2D eigenvalue weighted by molar-refractivity contribution is 6.24. The van der Waals surface area contributed by atoms with E-state index in [1.807, 2.05) is 30.4 Å². The molecule has 0 spiro atoms. The monoisotopic (exact) mass is 224 g/mol. The van der Waals surface area contributed by atoms with Crippen LogP contribution in [0.25, 0.3) is 6.08 Å². The van der Waals surface area contributed by atoms with Gasteiger partial charge in [-0.15, -0.1) is 0 Å². The average Bonchev–Trinajstić information content (AvgIpc) is 2.28. The summed E-state index contributed by atoms with van der Waals surface area (Å²) in [5.74, 6) is 0.859. The fourth-order valence-electron chi connectivity index (χ4n) is 1.69. The van der Waals surface area contributed by atoms with Gasteiger partial charge in [-0.05, 0) is 29.3 Å². The number of methoxy groups -OCH3 is 2. The second kappa shape index (κ2) is 3.87. The summed E-state index contributed by atoms with van der Waals surface area (Å²) in [6, 6.07) is 5.96. The lowest BCUT2D eigenvalue weighted by atomic mass is 9.95. The number of fused-ring (bicyclic) bond motifs is 1.